The van der Waals surface area contributed by atoms with Crippen LogP contribution in [0.25, 0.3) is 5.65 Å². The molecule has 0 saturated carbocycles. The predicted molar refractivity (Wildman–Crippen MR) is 100 cm³/mol. The molecule has 9 heteroatoms. The fourth-order valence-electron chi connectivity index (χ4n) is 3.60. The highest BCUT2D eigenvalue weighted by Gasteiger charge is 2.34. The number of nitro groups is 1. The number of hydrogen-bond acceptors (Lipinski definition) is 6. The van der Waals surface area contributed by atoms with Crippen LogP contribution in [0.3, 0.4) is 0 Å². The van der Waals surface area contributed by atoms with Gasteiger partial charge in [-0.15, -0.1) is 10.2 Å². The molecule has 1 aliphatic heterocycles. The van der Waals surface area contributed by atoms with Gasteiger partial charge in [0.25, 0.3) is 5.91 Å². The number of pyridine rings is 1. The third kappa shape index (κ3) is 3.04. The van der Waals surface area contributed by atoms with Gasteiger partial charge in [0.2, 0.25) is 0 Å². The molecule has 28 heavy (non-hydrogen) atoms. The Kier molecular flexibility index (Phi) is 4.64. The van der Waals surface area contributed by atoms with Crippen LogP contribution in [-0.2, 0) is 0 Å². The highest BCUT2D eigenvalue weighted by Crippen LogP contribution is 2.34. The van der Waals surface area contributed by atoms with Crippen molar-refractivity contribution in [3.05, 3.63) is 64.1 Å². The molecule has 9 nitrogen and oxygen atoms in total. The van der Waals surface area contributed by atoms with E-state index in [4.69, 9.17) is 4.74 Å². The molecule has 0 unspecified atom stereocenters. The first-order valence-electron chi connectivity index (χ1n) is 9.12. The maximum absolute atomic E-state index is 13.1. The zero-order valence-electron chi connectivity index (χ0n) is 15.3. The molecule has 144 valence electrons. The molecular formula is C19H19N5O4. The number of nitrogens with zero attached hydrogens (tertiary/aromatic N) is 5. The zero-order valence-corrected chi connectivity index (χ0v) is 15.3. The first kappa shape index (κ1) is 17.9. The number of ether oxygens (including phenoxy) is 1. The van der Waals surface area contributed by atoms with Crippen LogP contribution in [0.2, 0.25) is 0 Å². The summed E-state index contributed by atoms with van der Waals surface area (Å²) >= 11 is 0. The molecule has 4 rings (SSSR count). The Morgan fingerprint density at radius 3 is 2.96 bits per heavy atom. The number of hydrogen-bond donors (Lipinski definition) is 0. The number of fused-ring (bicyclic) bond motifs is 1. The second-order valence-corrected chi connectivity index (χ2v) is 6.52. The van der Waals surface area contributed by atoms with Crippen LogP contribution in [0.4, 0.5) is 5.69 Å². The first-order chi connectivity index (χ1) is 13.6. The molecule has 3 aromatic rings. The van der Waals surface area contributed by atoms with E-state index in [0.29, 0.717) is 24.6 Å². The maximum atomic E-state index is 13.1. The Hall–Kier alpha value is -3.49. The van der Waals surface area contributed by atoms with Gasteiger partial charge in [-0.2, -0.15) is 0 Å². The second-order valence-electron chi connectivity index (χ2n) is 6.52. The summed E-state index contributed by atoms with van der Waals surface area (Å²) in [6.07, 6.45) is 3.46. The van der Waals surface area contributed by atoms with Gasteiger partial charge in [0, 0.05) is 24.4 Å². The number of rotatable bonds is 5. The van der Waals surface area contributed by atoms with Gasteiger partial charge in [0.15, 0.2) is 17.2 Å². The summed E-state index contributed by atoms with van der Waals surface area (Å²) in [7, 11) is 0. The van der Waals surface area contributed by atoms with Gasteiger partial charge in [-0.25, -0.2) is 0 Å². The summed E-state index contributed by atoms with van der Waals surface area (Å²) in [5.74, 6) is 0.591. The number of aromatic nitrogens is 3. The Labute approximate surface area is 160 Å². The molecule has 1 aliphatic rings. The smallest absolute Gasteiger partial charge is 0.311 e. The van der Waals surface area contributed by atoms with Crippen LogP contribution in [0.1, 0.15) is 42.0 Å². The van der Waals surface area contributed by atoms with E-state index < -0.39 is 4.92 Å². The van der Waals surface area contributed by atoms with Crippen molar-refractivity contribution in [2.75, 3.05) is 13.2 Å². The summed E-state index contributed by atoms with van der Waals surface area (Å²) in [5.41, 5.74) is 0.765. The average molecular weight is 381 g/mol. The largest absolute Gasteiger partial charge is 0.487 e. The normalized spacial score (nSPS) is 16.5. The topological polar surface area (TPSA) is 103 Å². The van der Waals surface area contributed by atoms with E-state index >= 15 is 0 Å². The van der Waals surface area contributed by atoms with E-state index in [-0.39, 0.29) is 28.9 Å². The lowest BCUT2D eigenvalue weighted by Gasteiger charge is -2.23. The summed E-state index contributed by atoms with van der Waals surface area (Å²) in [5, 5.41) is 19.8. The Bertz CT molecular complexity index is 1050. The third-order valence-electron chi connectivity index (χ3n) is 4.85. The zero-order chi connectivity index (χ0) is 19.7. The fraction of sp³-hybridized carbons (Fsp3) is 0.316. The number of benzene rings is 1. The Balaban J connectivity index is 1.67. The fourth-order valence-corrected chi connectivity index (χ4v) is 3.60. The van der Waals surface area contributed by atoms with Gasteiger partial charge in [-0.05, 0) is 44.0 Å². The molecule has 0 aliphatic carbocycles. The van der Waals surface area contributed by atoms with Crippen molar-refractivity contribution in [1.82, 2.24) is 19.5 Å². The van der Waals surface area contributed by atoms with Crippen molar-refractivity contribution >= 4 is 17.2 Å². The Morgan fingerprint density at radius 2 is 2.18 bits per heavy atom. The van der Waals surface area contributed by atoms with E-state index in [2.05, 4.69) is 10.2 Å². The van der Waals surface area contributed by atoms with Crippen LogP contribution in [0.5, 0.6) is 5.75 Å². The van der Waals surface area contributed by atoms with E-state index in [0.717, 1.165) is 12.8 Å². The van der Waals surface area contributed by atoms with E-state index in [1.807, 2.05) is 28.8 Å². The van der Waals surface area contributed by atoms with Crippen LogP contribution < -0.4 is 4.74 Å². The molecule has 2 aromatic heterocycles. The summed E-state index contributed by atoms with van der Waals surface area (Å²) < 4.78 is 7.17. The lowest BCUT2D eigenvalue weighted by molar-refractivity contribution is -0.385. The molecule has 1 fully saturated rings. The standard InChI is InChI=1S/C19H19N5O4/c1-2-28-16-9-8-13(12-15(16)24(26)27)19(25)22-11-5-6-14(22)18-21-20-17-7-3-4-10-23(17)18/h3-4,7-10,12,14H,2,5-6,11H2,1H3/t14-/m1/s1. The summed E-state index contributed by atoms with van der Waals surface area (Å²) in [4.78, 5) is 25.7. The molecule has 0 N–H and O–H groups in total. The van der Waals surface area contributed by atoms with Crippen molar-refractivity contribution in [3.63, 3.8) is 0 Å². The van der Waals surface area contributed by atoms with Crippen LogP contribution in [-0.4, -0.2) is 43.5 Å². The van der Waals surface area contributed by atoms with Crippen molar-refractivity contribution in [2.24, 2.45) is 0 Å². The lowest BCUT2D eigenvalue weighted by Crippen LogP contribution is -2.31. The number of likely N-dealkylation sites (tertiary alicyclic amines) is 1. The third-order valence-corrected chi connectivity index (χ3v) is 4.85. The molecular weight excluding hydrogens is 362 g/mol. The van der Waals surface area contributed by atoms with Crippen molar-refractivity contribution in [2.45, 2.75) is 25.8 Å². The lowest BCUT2D eigenvalue weighted by atomic mass is 10.1. The van der Waals surface area contributed by atoms with Crippen LogP contribution >= 0.6 is 0 Å². The number of amides is 1. The highest BCUT2D eigenvalue weighted by molar-refractivity contribution is 5.95. The summed E-state index contributed by atoms with van der Waals surface area (Å²) in [6, 6.07) is 9.72. The van der Waals surface area contributed by atoms with E-state index in [9.17, 15) is 14.9 Å². The van der Waals surface area contributed by atoms with Gasteiger partial charge in [-0.1, -0.05) is 6.07 Å². The summed E-state index contributed by atoms with van der Waals surface area (Å²) in [6.45, 7) is 2.62. The second kappa shape index (κ2) is 7.26. The van der Waals surface area contributed by atoms with Gasteiger partial charge < -0.3 is 9.64 Å². The van der Waals surface area contributed by atoms with E-state index in [1.165, 1.54) is 12.1 Å². The molecule has 1 atom stereocenters. The predicted octanol–water partition coefficient (Wildman–Crippen LogP) is 3.01. The van der Waals surface area contributed by atoms with Crippen LogP contribution in [0, 0.1) is 10.1 Å². The molecule has 1 aromatic carbocycles. The van der Waals surface area contributed by atoms with Gasteiger partial charge in [-0.3, -0.25) is 19.3 Å². The van der Waals surface area contributed by atoms with Gasteiger partial charge >= 0.3 is 5.69 Å². The van der Waals surface area contributed by atoms with Crippen molar-refractivity contribution < 1.29 is 14.5 Å². The molecule has 0 radical (unpaired) electrons. The van der Waals surface area contributed by atoms with Gasteiger partial charge in [0.05, 0.1) is 17.6 Å². The Morgan fingerprint density at radius 1 is 1.32 bits per heavy atom. The minimum absolute atomic E-state index is 0.158. The van der Waals surface area contributed by atoms with Gasteiger partial charge in [0.1, 0.15) is 0 Å². The number of carbonyl (C=O) groups is 1. The number of carbonyl (C=O) groups excluding carboxylic acids is 1. The monoisotopic (exact) mass is 381 g/mol. The van der Waals surface area contributed by atoms with Crippen molar-refractivity contribution in [3.8, 4) is 5.75 Å². The van der Waals surface area contributed by atoms with E-state index in [1.54, 1.807) is 17.9 Å². The minimum Gasteiger partial charge on any atom is -0.487 e. The number of nitro benzene ring substituents is 1. The quantitative estimate of drug-likeness (QED) is 0.497. The first-order valence-corrected chi connectivity index (χ1v) is 9.12. The SMILES string of the molecule is CCOc1ccc(C(=O)N2CCC[C@@H]2c2nnc3ccccn23)cc1[N+](=O)[O-]. The molecule has 1 amide bonds. The molecule has 3 heterocycles. The molecule has 0 spiro atoms. The van der Waals surface area contributed by atoms with Crippen molar-refractivity contribution in [1.29, 1.82) is 0 Å². The molecule has 1 saturated heterocycles. The highest BCUT2D eigenvalue weighted by atomic mass is 16.6. The average Bonchev–Trinajstić information content (AvgIpc) is 3.34. The van der Waals surface area contributed by atoms with Crippen LogP contribution in [0.15, 0.2) is 42.6 Å². The minimum atomic E-state index is -0.532. The molecule has 0 bridgehead atoms. The maximum Gasteiger partial charge on any atom is 0.311 e.